The van der Waals surface area contributed by atoms with E-state index in [9.17, 15) is 14.4 Å². The molecule has 2 aliphatic heterocycles. The summed E-state index contributed by atoms with van der Waals surface area (Å²) in [5.74, 6) is 0.929. The predicted molar refractivity (Wildman–Crippen MR) is 103 cm³/mol. The molecular weight excluding hydrogens is 358 g/mol. The van der Waals surface area contributed by atoms with Gasteiger partial charge in [-0.15, -0.1) is 0 Å². The van der Waals surface area contributed by atoms with Gasteiger partial charge in [0.1, 0.15) is 17.1 Å². The Morgan fingerprint density at radius 1 is 1.11 bits per heavy atom. The minimum absolute atomic E-state index is 0.0955. The average molecular weight is 381 g/mol. The van der Waals surface area contributed by atoms with Crippen molar-refractivity contribution in [1.82, 2.24) is 4.90 Å². The maximum absolute atomic E-state index is 13.1. The molecule has 28 heavy (non-hydrogen) atoms. The lowest BCUT2D eigenvalue weighted by Gasteiger charge is -2.37. The second-order valence-corrected chi connectivity index (χ2v) is 7.71. The van der Waals surface area contributed by atoms with Gasteiger partial charge in [0.15, 0.2) is 5.78 Å². The molecule has 6 nitrogen and oxygen atoms in total. The van der Waals surface area contributed by atoms with Gasteiger partial charge in [0, 0.05) is 25.6 Å². The fourth-order valence-corrected chi connectivity index (χ4v) is 4.33. The van der Waals surface area contributed by atoms with E-state index in [2.05, 4.69) is 0 Å². The van der Waals surface area contributed by atoms with Gasteiger partial charge >= 0.3 is 5.63 Å². The number of hydrogen-bond acceptors (Lipinski definition) is 5. The van der Waals surface area contributed by atoms with Crippen LogP contribution in [0.1, 0.15) is 57.7 Å². The number of Topliss-reactive ketones (excluding diaryl/α,β-unsaturated/α-hetero) is 1. The Balaban J connectivity index is 1.56. The van der Waals surface area contributed by atoms with E-state index in [4.69, 9.17) is 9.15 Å². The molecule has 1 spiro atoms. The topological polar surface area (TPSA) is 76.8 Å². The van der Waals surface area contributed by atoms with Crippen LogP contribution < -0.4 is 10.4 Å². The molecule has 1 atom stereocenters. The van der Waals surface area contributed by atoms with Crippen molar-refractivity contribution in [2.24, 2.45) is 0 Å². The number of amides is 1. The summed E-state index contributed by atoms with van der Waals surface area (Å²) in [7, 11) is 0. The summed E-state index contributed by atoms with van der Waals surface area (Å²) in [6.45, 7) is 4.46. The Kier molecular flexibility index (Phi) is 4.57. The molecule has 1 aromatic carbocycles. The third-order valence-electron chi connectivity index (χ3n) is 5.73. The summed E-state index contributed by atoms with van der Waals surface area (Å²) in [5.41, 5.74) is 0.690. The van der Waals surface area contributed by atoms with Gasteiger partial charge in [-0.05, 0) is 44.4 Å². The molecule has 146 valence electrons. The summed E-state index contributed by atoms with van der Waals surface area (Å²) >= 11 is 0. The number of aryl methyl sites for hydroxylation is 2. The minimum atomic E-state index is -0.562. The summed E-state index contributed by atoms with van der Waals surface area (Å²) in [6, 6.07) is 8.69. The van der Waals surface area contributed by atoms with Crippen molar-refractivity contribution in [1.29, 1.82) is 0 Å². The second-order valence-electron chi connectivity index (χ2n) is 7.71. The third-order valence-corrected chi connectivity index (χ3v) is 5.73. The first-order chi connectivity index (χ1) is 13.4. The lowest BCUT2D eigenvalue weighted by molar-refractivity contribution is 0.0300. The lowest BCUT2D eigenvalue weighted by atomic mass is 9.84. The van der Waals surface area contributed by atoms with Gasteiger partial charge < -0.3 is 14.1 Å². The van der Waals surface area contributed by atoms with E-state index >= 15 is 0 Å². The van der Waals surface area contributed by atoms with Gasteiger partial charge in [-0.3, -0.25) is 9.59 Å². The number of carbonyl (C=O) groups excluding carboxylic acids is 2. The molecule has 1 amide bonds. The van der Waals surface area contributed by atoms with Crippen molar-refractivity contribution in [2.75, 3.05) is 13.1 Å². The molecule has 1 aromatic heterocycles. The van der Waals surface area contributed by atoms with Gasteiger partial charge in [0.25, 0.3) is 5.91 Å². The number of rotatable bonds is 1. The van der Waals surface area contributed by atoms with Crippen molar-refractivity contribution in [2.45, 2.75) is 45.1 Å². The molecule has 1 fully saturated rings. The van der Waals surface area contributed by atoms with Gasteiger partial charge in [-0.1, -0.05) is 12.1 Å². The van der Waals surface area contributed by atoms with Crippen molar-refractivity contribution >= 4 is 11.7 Å². The Labute approximate surface area is 163 Å². The van der Waals surface area contributed by atoms with Gasteiger partial charge in [0.2, 0.25) is 0 Å². The van der Waals surface area contributed by atoms with Crippen LogP contribution in [-0.2, 0) is 0 Å². The van der Waals surface area contributed by atoms with E-state index in [1.165, 1.54) is 6.07 Å². The zero-order chi connectivity index (χ0) is 19.9. The SMILES string of the molecule is Cc1cc(=O)oc(C)c1C(=O)N1CCCC2(CC1)CC(=O)c1ccccc1O2. The molecule has 2 aromatic rings. The summed E-state index contributed by atoms with van der Waals surface area (Å²) in [4.78, 5) is 39.0. The van der Waals surface area contributed by atoms with Crippen LogP contribution in [0, 0.1) is 13.8 Å². The van der Waals surface area contributed by atoms with Crippen molar-refractivity contribution in [3.63, 3.8) is 0 Å². The molecule has 1 unspecified atom stereocenters. The first-order valence-electron chi connectivity index (χ1n) is 9.60. The van der Waals surface area contributed by atoms with Crippen LogP contribution in [0.4, 0.5) is 0 Å². The zero-order valence-corrected chi connectivity index (χ0v) is 16.1. The maximum atomic E-state index is 13.1. The zero-order valence-electron chi connectivity index (χ0n) is 16.1. The molecule has 0 saturated carbocycles. The number of nitrogens with zero attached hydrogens (tertiary/aromatic N) is 1. The predicted octanol–water partition coefficient (Wildman–Crippen LogP) is 3.29. The molecule has 2 aliphatic rings. The first kappa shape index (κ1) is 18.5. The van der Waals surface area contributed by atoms with E-state index in [1.807, 2.05) is 18.2 Å². The Bertz CT molecular complexity index is 982. The minimum Gasteiger partial charge on any atom is -0.486 e. The normalized spacial score (nSPS) is 21.8. The largest absolute Gasteiger partial charge is 0.486 e. The number of benzene rings is 1. The van der Waals surface area contributed by atoms with Crippen LogP contribution >= 0.6 is 0 Å². The Morgan fingerprint density at radius 2 is 1.89 bits per heavy atom. The van der Waals surface area contributed by atoms with E-state index < -0.39 is 11.2 Å². The van der Waals surface area contributed by atoms with Crippen molar-refractivity contribution in [3.05, 3.63) is 63.2 Å². The summed E-state index contributed by atoms with van der Waals surface area (Å²) < 4.78 is 11.4. The molecule has 6 heteroatoms. The number of ether oxygens (including phenoxy) is 1. The lowest BCUT2D eigenvalue weighted by Crippen LogP contribution is -2.43. The van der Waals surface area contributed by atoms with Crippen molar-refractivity contribution < 1.29 is 18.7 Å². The highest BCUT2D eigenvalue weighted by atomic mass is 16.5. The number of fused-ring (bicyclic) bond motifs is 1. The van der Waals surface area contributed by atoms with Crippen molar-refractivity contribution in [3.8, 4) is 5.75 Å². The molecule has 0 aliphatic carbocycles. The summed E-state index contributed by atoms with van der Waals surface area (Å²) in [5, 5.41) is 0. The molecule has 0 N–H and O–H groups in total. The highest BCUT2D eigenvalue weighted by Gasteiger charge is 2.42. The van der Waals surface area contributed by atoms with Crippen LogP contribution in [0.5, 0.6) is 5.75 Å². The van der Waals surface area contributed by atoms with Crippen LogP contribution in [-0.4, -0.2) is 35.3 Å². The number of likely N-dealkylation sites (tertiary alicyclic amines) is 1. The highest BCUT2D eigenvalue weighted by Crippen LogP contribution is 2.39. The molecule has 3 heterocycles. The van der Waals surface area contributed by atoms with Crippen LogP contribution in [0.15, 0.2) is 39.5 Å². The third kappa shape index (κ3) is 3.23. The quantitative estimate of drug-likeness (QED) is 0.758. The summed E-state index contributed by atoms with van der Waals surface area (Å²) in [6.07, 6.45) is 2.40. The number of carbonyl (C=O) groups is 2. The van der Waals surface area contributed by atoms with Crippen LogP contribution in [0.3, 0.4) is 0 Å². The van der Waals surface area contributed by atoms with Crippen LogP contribution in [0.25, 0.3) is 0 Å². The molecule has 0 radical (unpaired) electrons. The monoisotopic (exact) mass is 381 g/mol. The van der Waals surface area contributed by atoms with Gasteiger partial charge in [-0.25, -0.2) is 4.79 Å². The standard InChI is InChI=1S/C22H23NO5/c1-14-12-19(25)27-15(2)20(14)21(26)23-10-5-8-22(9-11-23)13-17(24)16-6-3-4-7-18(16)28-22/h3-4,6-7,12H,5,8-11,13H2,1-2H3. The first-order valence-corrected chi connectivity index (χ1v) is 9.60. The average Bonchev–Trinajstić information content (AvgIpc) is 2.83. The Hall–Kier alpha value is -2.89. The fourth-order valence-electron chi connectivity index (χ4n) is 4.33. The Morgan fingerprint density at radius 3 is 2.68 bits per heavy atom. The van der Waals surface area contributed by atoms with E-state index in [-0.39, 0.29) is 11.7 Å². The molecule has 1 saturated heterocycles. The second kappa shape index (κ2) is 6.93. The van der Waals surface area contributed by atoms with E-state index in [1.54, 1.807) is 24.8 Å². The van der Waals surface area contributed by atoms with Gasteiger partial charge in [-0.2, -0.15) is 0 Å². The number of hydrogen-bond donors (Lipinski definition) is 0. The van der Waals surface area contributed by atoms with Gasteiger partial charge in [0.05, 0.1) is 17.5 Å². The number of para-hydroxylation sites is 1. The molecular formula is C22H23NO5. The smallest absolute Gasteiger partial charge is 0.336 e. The number of ketones is 1. The fraction of sp³-hybridized carbons (Fsp3) is 0.409. The molecule has 4 rings (SSSR count). The molecule has 0 bridgehead atoms. The highest BCUT2D eigenvalue weighted by molar-refractivity contribution is 6.00. The van der Waals surface area contributed by atoms with E-state index in [0.717, 1.165) is 12.8 Å². The maximum Gasteiger partial charge on any atom is 0.336 e. The van der Waals surface area contributed by atoms with Crippen LogP contribution in [0.2, 0.25) is 0 Å². The van der Waals surface area contributed by atoms with E-state index in [0.29, 0.717) is 54.1 Å².